The maximum absolute atomic E-state index is 13.6. The lowest BCUT2D eigenvalue weighted by Crippen LogP contribution is -2.20. The molecule has 0 saturated carbocycles. The quantitative estimate of drug-likeness (QED) is 0.676. The van der Waals surface area contributed by atoms with Crippen molar-refractivity contribution in [3.63, 3.8) is 0 Å². The molecule has 0 radical (unpaired) electrons. The van der Waals surface area contributed by atoms with Crippen LogP contribution in [0, 0.1) is 13.8 Å². The maximum Gasteiger partial charge on any atom is 0.433 e. The highest BCUT2D eigenvalue weighted by atomic mass is 19.4. The predicted molar refractivity (Wildman–Crippen MR) is 101 cm³/mol. The summed E-state index contributed by atoms with van der Waals surface area (Å²) in [5.74, 6) is -0.593. The van der Waals surface area contributed by atoms with E-state index in [0.29, 0.717) is 10.2 Å². The number of halogens is 3. The van der Waals surface area contributed by atoms with Gasteiger partial charge >= 0.3 is 6.18 Å². The summed E-state index contributed by atoms with van der Waals surface area (Å²) in [5.41, 5.74) is 1.01. The van der Waals surface area contributed by atoms with Gasteiger partial charge in [-0.2, -0.15) is 18.3 Å². The van der Waals surface area contributed by atoms with E-state index in [-0.39, 0.29) is 17.0 Å². The third-order valence-corrected chi connectivity index (χ3v) is 4.57. The number of fused-ring (bicyclic) bond motifs is 1. The number of carbonyl (C=O) groups excluding carboxylic acids is 1. The van der Waals surface area contributed by atoms with E-state index >= 15 is 0 Å². The lowest BCUT2D eigenvalue weighted by atomic mass is 9.91. The number of rotatable bonds is 2. The van der Waals surface area contributed by atoms with Gasteiger partial charge in [-0.1, -0.05) is 32.9 Å². The van der Waals surface area contributed by atoms with Crippen LogP contribution in [0.1, 0.15) is 53.8 Å². The van der Waals surface area contributed by atoms with Gasteiger partial charge in [0.2, 0.25) is 0 Å². The summed E-state index contributed by atoms with van der Waals surface area (Å²) in [6.07, 6.45) is -4.63. The summed E-state index contributed by atoms with van der Waals surface area (Å²) < 4.78 is 41.3. The Hall–Kier alpha value is -2.90. The second-order valence-corrected chi connectivity index (χ2v) is 7.78. The van der Waals surface area contributed by atoms with E-state index in [2.05, 4.69) is 15.4 Å². The third kappa shape index (κ3) is 3.72. The number of alkyl halides is 3. The number of aromatic nitrogens is 3. The average Bonchev–Trinajstić information content (AvgIpc) is 3.00. The highest BCUT2D eigenvalue weighted by Gasteiger charge is 2.36. The van der Waals surface area contributed by atoms with Gasteiger partial charge in [0.15, 0.2) is 11.3 Å². The van der Waals surface area contributed by atoms with Crippen LogP contribution in [0.15, 0.2) is 30.3 Å². The van der Waals surface area contributed by atoms with Crippen LogP contribution in [-0.4, -0.2) is 20.5 Å². The van der Waals surface area contributed by atoms with Crippen LogP contribution >= 0.6 is 0 Å². The zero-order chi connectivity index (χ0) is 20.9. The second-order valence-electron chi connectivity index (χ2n) is 7.78. The molecule has 1 aromatic carbocycles. The summed E-state index contributed by atoms with van der Waals surface area (Å²) in [7, 11) is 0. The standard InChI is InChI=1S/C20H21F3N4O/c1-11-7-6-8-13(12(11)2)24-18(28)14-9-17-25-15(19(3,4)5)10-16(20(21,22)23)27(17)26-14/h6-10H,1-5H3,(H,24,28). The normalized spacial score (nSPS) is 12.4. The van der Waals surface area contributed by atoms with Crippen LogP contribution in [-0.2, 0) is 11.6 Å². The van der Waals surface area contributed by atoms with Crippen molar-refractivity contribution in [1.29, 1.82) is 0 Å². The first-order valence-electron chi connectivity index (χ1n) is 8.74. The number of carbonyl (C=O) groups is 1. The second kappa shape index (κ2) is 6.61. The zero-order valence-electron chi connectivity index (χ0n) is 16.3. The first-order valence-corrected chi connectivity index (χ1v) is 8.74. The number of nitrogens with zero attached hydrogens (tertiary/aromatic N) is 3. The summed E-state index contributed by atoms with van der Waals surface area (Å²) in [6.45, 7) is 9.08. The molecule has 1 amide bonds. The largest absolute Gasteiger partial charge is 0.433 e. The molecule has 2 aromatic heterocycles. The minimum atomic E-state index is -4.63. The number of aryl methyl sites for hydroxylation is 1. The van der Waals surface area contributed by atoms with E-state index in [1.807, 2.05) is 19.9 Å². The Balaban J connectivity index is 2.08. The fraction of sp³-hybridized carbons (Fsp3) is 0.350. The minimum absolute atomic E-state index is 0.0223. The van der Waals surface area contributed by atoms with Crippen molar-refractivity contribution in [3.05, 3.63) is 58.5 Å². The molecule has 1 N–H and O–H groups in total. The van der Waals surface area contributed by atoms with Crippen molar-refractivity contribution >= 4 is 17.2 Å². The van der Waals surface area contributed by atoms with Gasteiger partial charge in [0, 0.05) is 17.2 Å². The molecule has 2 heterocycles. The molecular formula is C20H21F3N4O. The van der Waals surface area contributed by atoms with E-state index in [1.54, 1.807) is 32.9 Å². The summed E-state index contributed by atoms with van der Waals surface area (Å²) in [5, 5.41) is 6.58. The molecule has 5 nitrogen and oxygen atoms in total. The van der Waals surface area contributed by atoms with Gasteiger partial charge < -0.3 is 5.32 Å². The van der Waals surface area contributed by atoms with Crippen LogP contribution in [0.3, 0.4) is 0 Å². The van der Waals surface area contributed by atoms with Crippen molar-refractivity contribution < 1.29 is 18.0 Å². The minimum Gasteiger partial charge on any atom is -0.320 e. The van der Waals surface area contributed by atoms with Crippen molar-refractivity contribution in [2.45, 2.75) is 46.2 Å². The highest BCUT2D eigenvalue weighted by molar-refractivity contribution is 6.04. The molecule has 0 aliphatic carbocycles. The first-order chi connectivity index (χ1) is 12.9. The fourth-order valence-corrected chi connectivity index (χ4v) is 2.74. The molecule has 0 saturated heterocycles. The van der Waals surface area contributed by atoms with Crippen LogP contribution in [0.25, 0.3) is 5.65 Å². The van der Waals surface area contributed by atoms with Crippen molar-refractivity contribution in [2.75, 3.05) is 5.32 Å². The SMILES string of the molecule is Cc1cccc(NC(=O)c2cc3nc(C(C)(C)C)cc(C(F)(F)F)n3n2)c1C. The molecular weight excluding hydrogens is 369 g/mol. The molecule has 0 unspecified atom stereocenters. The fourth-order valence-electron chi connectivity index (χ4n) is 2.74. The molecule has 3 aromatic rings. The number of anilines is 1. The van der Waals surface area contributed by atoms with Gasteiger partial charge in [-0.3, -0.25) is 4.79 Å². The van der Waals surface area contributed by atoms with Crippen LogP contribution in [0.2, 0.25) is 0 Å². The van der Waals surface area contributed by atoms with E-state index in [1.165, 1.54) is 6.07 Å². The van der Waals surface area contributed by atoms with Crippen LogP contribution in [0.4, 0.5) is 18.9 Å². The predicted octanol–water partition coefficient (Wildman–Crippen LogP) is 4.91. The van der Waals surface area contributed by atoms with Gasteiger partial charge in [0.05, 0.1) is 5.69 Å². The number of amides is 1. The monoisotopic (exact) mass is 390 g/mol. The Morgan fingerprint density at radius 2 is 1.79 bits per heavy atom. The zero-order valence-corrected chi connectivity index (χ0v) is 16.3. The van der Waals surface area contributed by atoms with E-state index < -0.39 is 23.2 Å². The Morgan fingerprint density at radius 3 is 2.39 bits per heavy atom. The number of nitrogens with one attached hydrogen (secondary N) is 1. The topological polar surface area (TPSA) is 59.3 Å². The van der Waals surface area contributed by atoms with Crippen molar-refractivity contribution in [1.82, 2.24) is 14.6 Å². The number of hydrogen-bond acceptors (Lipinski definition) is 3. The Kier molecular flexibility index (Phi) is 4.69. The molecule has 3 rings (SSSR count). The lowest BCUT2D eigenvalue weighted by molar-refractivity contribution is -0.142. The third-order valence-electron chi connectivity index (χ3n) is 4.57. The number of benzene rings is 1. The molecule has 28 heavy (non-hydrogen) atoms. The Bertz CT molecular complexity index is 1060. The molecule has 148 valence electrons. The van der Waals surface area contributed by atoms with E-state index in [9.17, 15) is 18.0 Å². The lowest BCUT2D eigenvalue weighted by Gasteiger charge is -2.19. The van der Waals surface area contributed by atoms with Gasteiger partial charge in [-0.15, -0.1) is 0 Å². The van der Waals surface area contributed by atoms with Gasteiger partial charge in [-0.05, 0) is 37.1 Å². The number of hydrogen-bond donors (Lipinski definition) is 1. The van der Waals surface area contributed by atoms with Crippen molar-refractivity contribution in [2.24, 2.45) is 0 Å². The van der Waals surface area contributed by atoms with Gasteiger partial charge in [0.1, 0.15) is 5.69 Å². The summed E-state index contributed by atoms with van der Waals surface area (Å²) in [4.78, 5) is 16.9. The smallest absolute Gasteiger partial charge is 0.320 e. The first kappa shape index (κ1) is 19.9. The Morgan fingerprint density at radius 1 is 1.11 bits per heavy atom. The summed E-state index contributed by atoms with van der Waals surface area (Å²) >= 11 is 0. The molecule has 0 aliphatic rings. The van der Waals surface area contributed by atoms with Crippen LogP contribution in [0.5, 0.6) is 0 Å². The molecule has 0 fully saturated rings. The molecule has 8 heteroatoms. The van der Waals surface area contributed by atoms with Gasteiger partial charge in [-0.25, -0.2) is 9.50 Å². The maximum atomic E-state index is 13.6. The molecule has 0 aliphatic heterocycles. The van der Waals surface area contributed by atoms with Gasteiger partial charge in [0.25, 0.3) is 5.91 Å². The average molecular weight is 390 g/mol. The van der Waals surface area contributed by atoms with E-state index in [0.717, 1.165) is 17.2 Å². The highest BCUT2D eigenvalue weighted by Crippen LogP contribution is 2.32. The molecule has 0 bridgehead atoms. The molecule has 0 atom stereocenters. The Labute approximate surface area is 160 Å². The molecule has 0 spiro atoms. The summed E-state index contributed by atoms with van der Waals surface area (Å²) in [6, 6.07) is 7.68. The van der Waals surface area contributed by atoms with E-state index in [4.69, 9.17) is 0 Å². The van der Waals surface area contributed by atoms with Crippen molar-refractivity contribution in [3.8, 4) is 0 Å². The van der Waals surface area contributed by atoms with Crippen LogP contribution < -0.4 is 5.32 Å².